The van der Waals surface area contributed by atoms with Gasteiger partial charge in [0.15, 0.2) is 6.10 Å². The van der Waals surface area contributed by atoms with Crippen molar-refractivity contribution in [2.24, 2.45) is 29.6 Å². The summed E-state index contributed by atoms with van der Waals surface area (Å²) in [4.78, 5) is 39.6. The standard InChI is InChI=1S/C39H56O9/c1-7-8-9-10-11-12-13-18-31(40)45-26(5)34-23(2)21-24(3)39-28(22-30(44-6)38(43)46-34)19-20-29-32(39)33(41)25(4)35(36(29)48-39)47-37(42)27-16-14-15-17-27/h14-16,19-21,23,25-26,28-30,32-36,41H,7-13,17-18,22H2,1-6H3/b24-21+/t23-,25-,26-,28-,29-,30+,32+,33-,34+,35-,36-,39+/m1/s1. The molecule has 2 fully saturated rings. The lowest BCUT2D eigenvalue weighted by atomic mass is 9.57. The maximum absolute atomic E-state index is 13.6. The maximum Gasteiger partial charge on any atom is 0.335 e. The van der Waals surface area contributed by atoms with Crippen LogP contribution in [0.2, 0.25) is 0 Å². The zero-order valence-electron chi connectivity index (χ0n) is 29.6. The lowest BCUT2D eigenvalue weighted by Crippen LogP contribution is -2.57. The number of carbonyl (C=O) groups is 3. The Bertz CT molecular complexity index is 1300. The molecule has 48 heavy (non-hydrogen) atoms. The number of ether oxygens (including phenoxy) is 5. The quantitative estimate of drug-likeness (QED) is 0.104. The number of rotatable bonds is 13. The highest BCUT2D eigenvalue weighted by Gasteiger charge is 2.69. The average molecular weight is 669 g/mol. The summed E-state index contributed by atoms with van der Waals surface area (Å²) in [5.74, 6) is -2.74. The van der Waals surface area contributed by atoms with Crippen molar-refractivity contribution < 1.29 is 43.2 Å². The summed E-state index contributed by atoms with van der Waals surface area (Å²) in [7, 11) is 1.49. The molecule has 0 radical (unpaired) electrons. The first-order chi connectivity index (χ1) is 23.0. The monoisotopic (exact) mass is 668 g/mol. The SMILES string of the molecule is CCCCCCCCCC(=O)O[C@H](C)[C@H]1OC(=O)[C@@H](OC)C[C@H]2C=C[C@H]3[C@H]4O[C@]2(/C(C)=C/[C@H]1C)[C@@H]3[C@H](O)[C@@H](C)[C@H]4OC(=O)C1=CC=CC1. The second-order valence-corrected chi connectivity index (χ2v) is 14.7. The normalized spacial score (nSPS) is 38.7. The van der Waals surface area contributed by atoms with Crippen LogP contribution in [0.5, 0.6) is 0 Å². The number of carbonyl (C=O) groups excluding carboxylic acids is 3. The Morgan fingerprint density at radius 3 is 2.52 bits per heavy atom. The van der Waals surface area contributed by atoms with E-state index < -0.39 is 54.2 Å². The number of cyclic esters (lactones) is 1. The molecule has 1 saturated carbocycles. The first kappa shape index (κ1) is 36.5. The fraction of sp³-hybridized carbons (Fsp3) is 0.718. The van der Waals surface area contributed by atoms with E-state index in [1.807, 2.05) is 39.0 Å². The Morgan fingerprint density at radius 1 is 1.10 bits per heavy atom. The van der Waals surface area contributed by atoms with Crippen LogP contribution >= 0.6 is 0 Å². The topological polar surface area (TPSA) is 118 Å². The summed E-state index contributed by atoms with van der Waals surface area (Å²) < 4.78 is 30.8. The second-order valence-electron chi connectivity index (χ2n) is 14.7. The van der Waals surface area contributed by atoms with Gasteiger partial charge in [-0.05, 0) is 38.7 Å². The van der Waals surface area contributed by atoms with Gasteiger partial charge in [0.25, 0.3) is 0 Å². The number of esters is 3. The van der Waals surface area contributed by atoms with E-state index in [0.717, 1.165) is 24.8 Å². The molecule has 5 rings (SSSR count). The van der Waals surface area contributed by atoms with Crippen LogP contribution in [0.1, 0.15) is 98.8 Å². The van der Waals surface area contributed by atoms with Crippen molar-refractivity contribution in [1.82, 2.24) is 0 Å². The van der Waals surface area contributed by atoms with Gasteiger partial charge in [0.2, 0.25) is 0 Å². The number of aliphatic hydroxyl groups excluding tert-OH is 1. The minimum absolute atomic E-state index is 0.183. The fourth-order valence-electron chi connectivity index (χ4n) is 8.84. The zero-order valence-corrected chi connectivity index (χ0v) is 29.6. The van der Waals surface area contributed by atoms with Crippen molar-refractivity contribution in [3.05, 3.63) is 47.6 Å². The minimum atomic E-state index is -0.961. The van der Waals surface area contributed by atoms with Crippen molar-refractivity contribution in [3.8, 4) is 0 Å². The highest BCUT2D eigenvalue weighted by atomic mass is 16.6. The first-order valence-electron chi connectivity index (χ1n) is 18.3. The van der Waals surface area contributed by atoms with Crippen LogP contribution in [0, 0.1) is 29.6 Å². The molecule has 5 aliphatic rings. The van der Waals surface area contributed by atoms with Gasteiger partial charge < -0.3 is 28.8 Å². The van der Waals surface area contributed by atoms with E-state index in [0.29, 0.717) is 18.4 Å². The molecule has 1 N–H and O–H groups in total. The summed E-state index contributed by atoms with van der Waals surface area (Å²) in [6, 6.07) is 0. The molecule has 2 heterocycles. The molecular weight excluding hydrogens is 612 g/mol. The van der Waals surface area contributed by atoms with Crippen LogP contribution in [0.3, 0.4) is 0 Å². The van der Waals surface area contributed by atoms with Crippen LogP contribution in [0.4, 0.5) is 0 Å². The Balaban J connectivity index is 1.37. The van der Waals surface area contributed by atoms with Crippen molar-refractivity contribution >= 4 is 17.9 Å². The highest BCUT2D eigenvalue weighted by molar-refractivity contribution is 5.90. The van der Waals surface area contributed by atoms with Gasteiger partial charge in [0.05, 0.1) is 6.10 Å². The molecule has 3 aliphatic carbocycles. The molecule has 1 saturated heterocycles. The van der Waals surface area contributed by atoms with E-state index in [9.17, 15) is 19.5 Å². The van der Waals surface area contributed by atoms with E-state index in [2.05, 4.69) is 19.1 Å². The molecule has 0 aromatic carbocycles. The fourth-order valence-corrected chi connectivity index (χ4v) is 8.84. The molecule has 4 bridgehead atoms. The molecule has 266 valence electrons. The molecule has 0 aromatic rings. The van der Waals surface area contributed by atoms with E-state index in [-0.39, 0.29) is 42.0 Å². The molecule has 0 unspecified atom stereocenters. The molecule has 0 aromatic heterocycles. The minimum Gasteiger partial charge on any atom is -0.459 e. The van der Waals surface area contributed by atoms with E-state index in [1.54, 1.807) is 13.0 Å². The molecule has 0 amide bonds. The van der Waals surface area contributed by atoms with Crippen LogP contribution < -0.4 is 0 Å². The first-order valence-corrected chi connectivity index (χ1v) is 18.3. The van der Waals surface area contributed by atoms with E-state index >= 15 is 0 Å². The van der Waals surface area contributed by atoms with Gasteiger partial charge >= 0.3 is 17.9 Å². The van der Waals surface area contributed by atoms with Gasteiger partial charge in [0, 0.05) is 48.7 Å². The van der Waals surface area contributed by atoms with E-state index in [4.69, 9.17) is 23.7 Å². The zero-order chi connectivity index (χ0) is 34.6. The van der Waals surface area contributed by atoms with Crippen molar-refractivity contribution in [2.75, 3.05) is 7.11 Å². The summed E-state index contributed by atoms with van der Waals surface area (Å²) >= 11 is 0. The average Bonchev–Trinajstić information content (AvgIpc) is 3.66. The maximum atomic E-state index is 13.6. The summed E-state index contributed by atoms with van der Waals surface area (Å²) in [5, 5.41) is 11.9. The van der Waals surface area contributed by atoms with Gasteiger partial charge in [-0.3, -0.25) is 4.79 Å². The predicted octanol–water partition coefficient (Wildman–Crippen LogP) is 6.34. The molecule has 12 atom stereocenters. The highest BCUT2D eigenvalue weighted by Crippen LogP contribution is 2.61. The van der Waals surface area contributed by atoms with Crippen LogP contribution in [-0.4, -0.2) is 72.3 Å². The lowest BCUT2D eigenvalue weighted by Gasteiger charge is -2.49. The number of methoxy groups -OCH3 is 1. The van der Waals surface area contributed by atoms with E-state index in [1.165, 1.54) is 32.8 Å². The third-order valence-electron chi connectivity index (χ3n) is 11.4. The van der Waals surface area contributed by atoms with Gasteiger partial charge in [0.1, 0.15) is 30.0 Å². The van der Waals surface area contributed by atoms with Crippen LogP contribution in [0.25, 0.3) is 0 Å². The molecule has 2 aliphatic heterocycles. The van der Waals surface area contributed by atoms with Gasteiger partial charge in [-0.15, -0.1) is 0 Å². The van der Waals surface area contributed by atoms with Crippen molar-refractivity contribution in [2.45, 2.75) is 141 Å². The van der Waals surface area contributed by atoms with Crippen LogP contribution in [0.15, 0.2) is 47.6 Å². The third-order valence-corrected chi connectivity index (χ3v) is 11.4. The smallest absolute Gasteiger partial charge is 0.335 e. The summed E-state index contributed by atoms with van der Waals surface area (Å²) in [6.45, 7) is 9.84. The molecule has 9 heteroatoms. The summed E-state index contributed by atoms with van der Waals surface area (Å²) in [6.07, 6.45) is 16.3. The lowest BCUT2D eigenvalue weighted by molar-refractivity contribution is -0.179. The summed E-state index contributed by atoms with van der Waals surface area (Å²) in [5.41, 5.74) is 0.527. The van der Waals surface area contributed by atoms with Gasteiger partial charge in [-0.25, -0.2) is 9.59 Å². The van der Waals surface area contributed by atoms with Gasteiger partial charge in [-0.2, -0.15) is 0 Å². The Hall–Kier alpha value is -2.75. The van der Waals surface area contributed by atoms with Crippen LogP contribution in [-0.2, 0) is 38.1 Å². The van der Waals surface area contributed by atoms with Crippen molar-refractivity contribution in [3.63, 3.8) is 0 Å². The Labute approximate surface area is 286 Å². The molecular formula is C39H56O9. The number of allylic oxidation sites excluding steroid dienone is 3. The molecule has 9 nitrogen and oxygen atoms in total. The van der Waals surface area contributed by atoms with Gasteiger partial charge in [-0.1, -0.05) is 95.8 Å². The molecule has 1 spiro atoms. The number of hydrogen-bond acceptors (Lipinski definition) is 9. The number of unbranched alkanes of at least 4 members (excludes halogenated alkanes) is 6. The van der Waals surface area contributed by atoms with Crippen molar-refractivity contribution in [1.29, 1.82) is 0 Å². The largest absolute Gasteiger partial charge is 0.459 e. The Kier molecular flexibility index (Phi) is 12.1. The predicted molar refractivity (Wildman–Crippen MR) is 180 cm³/mol. The number of hydrogen-bond donors (Lipinski definition) is 1. The Morgan fingerprint density at radius 2 is 1.83 bits per heavy atom. The third kappa shape index (κ3) is 7.24. The second kappa shape index (κ2) is 15.9. The number of aliphatic hydroxyl groups is 1.